The monoisotopic (exact) mass is 257 g/mol. The number of nitrogen functional groups attached to an aromatic ring is 1. The molecule has 17 heavy (non-hydrogen) atoms. The van der Waals surface area contributed by atoms with Crippen molar-refractivity contribution in [2.75, 3.05) is 11.1 Å². The average Bonchev–Trinajstić information content (AvgIpc) is 2.12. The standard InChI is InChI=1S/C11H15N3O2.ClH/c1-7(15)14-11-5-9(12)10(6-13-11)16-8-3-2-4-8;/h5-6,8H,2-4H2,1H3,(H3,12,13,14,15);1H. The van der Waals surface area contributed by atoms with Gasteiger partial charge in [-0.3, -0.25) is 4.79 Å². The van der Waals surface area contributed by atoms with Crippen LogP contribution in [-0.4, -0.2) is 17.0 Å². The van der Waals surface area contributed by atoms with Gasteiger partial charge in [-0.15, -0.1) is 12.4 Å². The number of rotatable bonds is 3. The molecule has 0 saturated heterocycles. The molecule has 1 amide bonds. The van der Waals surface area contributed by atoms with Gasteiger partial charge in [0.15, 0.2) is 5.75 Å². The molecular weight excluding hydrogens is 242 g/mol. The van der Waals surface area contributed by atoms with Crippen molar-refractivity contribution in [3.8, 4) is 5.75 Å². The molecule has 0 aromatic carbocycles. The van der Waals surface area contributed by atoms with Crippen molar-refractivity contribution in [2.45, 2.75) is 32.3 Å². The van der Waals surface area contributed by atoms with Crippen LogP contribution in [0.2, 0.25) is 0 Å². The van der Waals surface area contributed by atoms with Crippen LogP contribution < -0.4 is 15.8 Å². The number of halogens is 1. The first-order chi connectivity index (χ1) is 7.65. The van der Waals surface area contributed by atoms with E-state index in [1.54, 1.807) is 12.3 Å². The van der Waals surface area contributed by atoms with Crippen molar-refractivity contribution in [1.29, 1.82) is 0 Å². The predicted octanol–water partition coefficient (Wildman–Crippen LogP) is 1.98. The first-order valence-corrected chi connectivity index (χ1v) is 5.35. The summed E-state index contributed by atoms with van der Waals surface area (Å²) in [7, 11) is 0. The highest BCUT2D eigenvalue weighted by Crippen LogP contribution is 2.29. The Bertz CT molecular complexity index is 408. The Morgan fingerprint density at radius 2 is 2.29 bits per heavy atom. The molecule has 6 heteroatoms. The SMILES string of the molecule is CC(=O)Nc1cc(N)c(OC2CCC2)cn1.Cl. The van der Waals surface area contributed by atoms with Crippen molar-refractivity contribution in [2.24, 2.45) is 0 Å². The number of nitrogens with one attached hydrogen (secondary N) is 1. The first-order valence-electron chi connectivity index (χ1n) is 5.35. The van der Waals surface area contributed by atoms with Crippen molar-refractivity contribution >= 4 is 29.8 Å². The molecule has 0 spiro atoms. The molecule has 94 valence electrons. The average molecular weight is 258 g/mol. The molecule has 0 bridgehead atoms. The van der Waals surface area contributed by atoms with Gasteiger partial charge in [0.2, 0.25) is 5.91 Å². The van der Waals surface area contributed by atoms with Crippen LogP contribution in [0.4, 0.5) is 11.5 Å². The number of carbonyl (C=O) groups excluding carboxylic acids is 1. The van der Waals surface area contributed by atoms with Gasteiger partial charge in [-0.2, -0.15) is 0 Å². The van der Waals surface area contributed by atoms with E-state index in [2.05, 4.69) is 10.3 Å². The van der Waals surface area contributed by atoms with Gasteiger partial charge in [-0.05, 0) is 19.3 Å². The third-order valence-electron chi connectivity index (χ3n) is 2.55. The molecular formula is C11H16ClN3O2. The zero-order valence-corrected chi connectivity index (χ0v) is 10.4. The van der Waals surface area contributed by atoms with Crippen LogP contribution in [-0.2, 0) is 4.79 Å². The zero-order chi connectivity index (χ0) is 11.5. The summed E-state index contributed by atoms with van der Waals surface area (Å²) in [6.07, 6.45) is 5.19. The van der Waals surface area contributed by atoms with E-state index in [1.807, 2.05) is 0 Å². The van der Waals surface area contributed by atoms with Crippen LogP contribution >= 0.6 is 12.4 Å². The van der Waals surface area contributed by atoms with Crippen molar-refractivity contribution in [1.82, 2.24) is 4.98 Å². The normalized spacial score (nSPS) is 14.4. The third kappa shape index (κ3) is 3.49. The van der Waals surface area contributed by atoms with E-state index in [9.17, 15) is 4.79 Å². The molecule has 5 nitrogen and oxygen atoms in total. The second-order valence-corrected chi connectivity index (χ2v) is 3.96. The second kappa shape index (κ2) is 5.72. The van der Waals surface area contributed by atoms with Gasteiger partial charge in [0, 0.05) is 13.0 Å². The van der Waals surface area contributed by atoms with Gasteiger partial charge >= 0.3 is 0 Å². The van der Waals surface area contributed by atoms with Crippen LogP contribution in [0.15, 0.2) is 12.3 Å². The summed E-state index contributed by atoms with van der Waals surface area (Å²) in [6.45, 7) is 1.43. The predicted molar refractivity (Wildman–Crippen MR) is 68.5 cm³/mol. The minimum absolute atomic E-state index is 0. The molecule has 1 aromatic heterocycles. The van der Waals surface area contributed by atoms with Crippen molar-refractivity contribution < 1.29 is 9.53 Å². The number of pyridine rings is 1. The summed E-state index contributed by atoms with van der Waals surface area (Å²) < 4.78 is 5.64. The van der Waals surface area contributed by atoms with Gasteiger partial charge in [0.25, 0.3) is 0 Å². The molecule has 0 radical (unpaired) electrons. The Morgan fingerprint density at radius 3 is 2.76 bits per heavy atom. The van der Waals surface area contributed by atoms with Crippen molar-refractivity contribution in [3.63, 3.8) is 0 Å². The van der Waals surface area contributed by atoms with Crippen LogP contribution in [0.5, 0.6) is 5.75 Å². The summed E-state index contributed by atoms with van der Waals surface area (Å²) in [5.74, 6) is 0.879. The number of amides is 1. The topological polar surface area (TPSA) is 77.2 Å². The number of ether oxygens (including phenoxy) is 1. The maximum absolute atomic E-state index is 10.8. The van der Waals surface area contributed by atoms with Crippen LogP contribution in [0.3, 0.4) is 0 Å². The van der Waals surface area contributed by atoms with Crippen LogP contribution in [0, 0.1) is 0 Å². The molecule has 1 heterocycles. The fourth-order valence-electron chi connectivity index (χ4n) is 1.47. The van der Waals surface area contributed by atoms with Gasteiger partial charge in [-0.1, -0.05) is 0 Å². The van der Waals surface area contributed by atoms with Gasteiger partial charge in [0.05, 0.1) is 18.0 Å². The lowest BCUT2D eigenvalue weighted by Crippen LogP contribution is -2.25. The van der Waals surface area contributed by atoms with E-state index in [4.69, 9.17) is 10.5 Å². The van der Waals surface area contributed by atoms with E-state index in [0.717, 1.165) is 12.8 Å². The summed E-state index contributed by atoms with van der Waals surface area (Å²) in [4.78, 5) is 14.9. The summed E-state index contributed by atoms with van der Waals surface area (Å²) in [5.41, 5.74) is 6.31. The summed E-state index contributed by atoms with van der Waals surface area (Å²) in [6, 6.07) is 1.61. The maximum Gasteiger partial charge on any atom is 0.222 e. The molecule has 2 rings (SSSR count). The molecule has 0 unspecified atom stereocenters. The number of carbonyl (C=O) groups is 1. The largest absolute Gasteiger partial charge is 0.487 e. The minimum atomic E-state index is -0.167. The summed E-state index contributed by atoms with van der Waals surface area (Å²) in [5, 5.41) is 2.57. The van der Waals surface area contributed by atoms with Crippen LogP contribution in [0.25, 0.3) is 0 Å². The lowest BCUT2D eigenvalue weighted by molar-refractivity contribution is -0.114. The number of nitrogens with two attached hydrogens (primary N) is 1. The number of anilines is 2. The Hall–Kier alpha value is -1.49. The number of hydrogen-bond donors (Lipinski definition) is 2. The molecule has 3 N–H and O–H groups in total. The molecule has 1 fully saturated rings. The van der Waals surface area contributed by atoms with E-state index < -0.39 is 0 Å². The van der Waals surface area contributed by atoms with Crippen molar-refractivity contribution in [3.05, 3.63) is 12.3 Å². The minimum Gasteiger partial charge on any atom is -0.487 e. The van der Waals surface area contributed by atoms with Gasteiger partial charge < -0.3 is 15.8 Å². The Morgan fingerprint density at radius 1 is 1.59 bits per heavy atom. The molecule has 1 saturated carbocycles. The Labute approximate surface area is 106 Å². The van der Waals surface area contributed by atoms with Gasteiger partial charge in [-0.25, -0.2) is 4.98 Å². The molecule has 1 aromatic rings. The number of nitrogens with zero attached hydrogens (tertiary/aromatic N) is 1. The molecule has 1 aliphatic carbocycles. The highest BCUT2D eigenvalue weighted by molar-refractivity contribution is 5.88. The Balaban J connectivity index is 0.00000144. The highest BCUT2D eigenvalue weighted by Gasteiger charge is 2.20. The fourth-order valence-corrected chi connectivity index (χ4v) is 1.47. The lowest BCUT2D eigenvalue weighted by atomic mass is 9.96. The molecule has 0 aliphatic heterocycles. The lowest BCUT2D eigenvalue weighted by Gasteiger charge is -2.26. The maximum atomic E-state index is 10.8. The van der Waals surface area contributed by atoms with E-state index in [0.29, 0.717) is 17.3 Å². The summed E-state index contributed by atoms with van der Waals surface area (Å²) >= 11 is 0. The van der Waals surface area contributed by atoms with E-state index in [1.165, 1.54) is 13.3 Å². The van der Waals surface area contributed by atoms with E-state index >= 15 is 0 Å². The fraction of sp³-hybridized carbons (Fsp3) is 0.455. The first kappa shape index (κ1) is 13.6. The second-order valence-electron chi connectivity index (χ2n) is 3.96. The highest BCUT2D eigenvalue weighted by atomic mass is 35.5. The quantitative estimate of drug-likeness (QED) is 0.868. The Kier molecular flexibility index (Phi) is 4.57. The zero-order valence-electron chi connectivity index (χ0n) is 9.60. The molecule has 0 atom stereocenters. The number of aromatic nitrogens is 1. The number of hydrogen-bond acceptors (Lipinski definition) is 4. The third-order valence-corrected chi connectivity index (χ3v) is 2.55. The van der Waals surface area contributed by atoms with E-state index in [-0.39, 0.29) is 24.4 Å². The van der Waals surface area contributed by atoms with Crippen LogP contribution in [0.1, 0.15) is 26.2 Å². The van der Waals surface area contributed by atoms with Gasteiger partial charge in [0.1, 0.15) is 5.82 Å². The molecule has 1 aliphatic rings. The smallest absolute Gasteiger partial charge is 0.222 e.